The zero-order valence-corrected chi connectivity index (χ0v) is 14.7. The number of anilines is 2. The van der Waals surface area contributed by atoms with E-state index >= 15 is 0 Å². The van der Waals surface area contributed by atoms with E-state index in [1.807, 2.05) is 43.3 Å². The van der Waals surface area contributed by atoms with Gasteiger partial charge in [-0.15, -0.1) is 0 Å². The maximum absolute atomic E-state index is 12.2. The predicted octanol–water partition coefficient (Wildman–Crippen LogP) is 3.25. The number of nitrogens with one attached hydrogen (secondary N) is 2. The topological polar surface area (TPSA) is 70.7 Å². The van der Waals surface area contributed by atoms with Crippen molar-refractivity contribution in [1.82, 2.24) is 5.32 Å². The molecule has 0 radical (unpaired) electrons. The Labute approximate surface area is 147 Å². The summed E-state index contributed by atoms with van der Waals surface area (Å²) in [5.41, 5.74) is 3.24. The van der Waals surface area contributed by atoms with Crippen LogP contribution < -0.4 is 15.5 Å². The van der Waals surface area contributed by atoms with E-state index in [0.717, 1.165) is 11.3 Å². The lowest BCUT2D eigenvalue weighted by Crippen LogP contribution is -2.22. The Morgan fingerprint density at radius 3 is 2.20 bits per heavy atom. The Bertz CT molecular complexity index is 710. The van der Waals surface area contributed by atoms with Gasteiger partial charge >= 0.3 is 6.09 Å². The molecule has 6 nitrogen and oxygen atoms in total. The first kappa shape index (κ1) is 18.3. The summed E-state index contributed by atoms with van der Waals surface area (Å²) in [5.74, 6) is -0.167. The fourth-order valence-electron chi connectivity index (χ4n) is 2.19. The average Bonchev–Trinajstić information content (AvgIpc) is 2.61. The first-order valence-corrected chi connectivity index (χ1v) is 8.08. The lowest BCUT2D eigenvalue weighted by Gasteiger charge is -2.13. The fourth-order valence-corrected chi connectivity index (χ4v) is 2.19. The number of rotatable bonds is 6. The lowest BCUT2D eigenvalue weighted by atomic mass is 10.1. The molecule has 2 N–H and O–H groups in total. The number of amides is 2. The third-order valence-corrected chi connectivity index (χ3v) is 3.57. The number of hydrogen-bond donors (Lipinski definition) is 2. The zero-order valence-electron chi connectivity index (χ0n) is 14.7. The summed E-state index contributed by atoms with van der Waals surface area (Å²) >= 11 is 0. The molecular weight excluding hydrogens is 318 g/mol. The van der Waals surface area contributed by atoms with Crippen molar-refractivity contribution in [2.75, 3.05) is 30.9 Å². The molecular formula is C19H23N3O3. The molecule has 0 aliphatic carbocycles. The molecule has 0 heterocycles. The molecule has 0 unspecified atom stereocenters. The van der Waals surface area contributed by atoms with Crippen LogP contribution in [0.5, 0.6) is 0 Å². The molecule has 0 atom stereocenters. The van der Waals surface area contributed by atoms with Gasteiger partial charge in [0.05, 0.1) is 6.61 Å². The molecule has 25 heavy (non-hydrogen) atoms. The number of carbonyl (C=O) groups excluding carboxylic acids is 2. The van der Waals surface area contributed by atoms with Crippen molar-refractivity contribution in [1.29, 1.82) is 0 Å². The molecule has 0 saturated heterocycles. The second kappa shape index (κ2) is 8.73. The van der Waals surface area contributed by atoms with Crippen molar-refractivity contribution in [2.24, 2.45) is 0 Å². The van der Waals surface area contributed by atoms with Gasteiger partial charge in [-0.1, -0.05) is 12.1 Å². The van der Waals surface area contributed by atoms with Gasteiger partial charge in [-0.25, -0.2) is 4.79 Å². The van der Waals surface area contributed by atoms with Crippen molar-refractivity contribution in [3.63, 3.8) is 0 Å². The monoisotopic (exact) mass is 341 g/mol. The van der Waals surface area contributed by atoms with E-state index in [0.29, 0.717) is 24.4 Å². The molecule has 2 aromatic rings. The molecule has 132 valence electrons. The Morgan fingerprint density at radius 2 is 1.64 bits per heavy atom. The highest BCUT2D eigenvalue weighted by atomic mass is 16.5. The number of benzene rings is 2. The summed E-state index contributed by atoms with van der Waals surface area (Å²) in [6, 6.07) is 14.6. The van der Waals surface area contributed by atoms with Gasteiger partial charge in [-0.05, 0) is 48.9 Å². The Hall–Kier alpha value is -3.02. The van der Waals surface area contributed by atoms with E-state index in [9.17, 15) is 9.59 Å². The van der Waals surface area contributed by atoms with Gasteiger partial charge in [-0.2, -0.15) is 0 Å². The third-order valence-electron chi connectivity index (χ3n) is 3.57. The standard InChI is InChI=1S/C19H23N3O3/c1-4-25-19(24)21-16-9-7-15(8-10-16)18(23)20-13-14-5-11-17(12-6-14)22(2)3/h5-12H,4,13H2,1-3H3,(H,20,23)(H,21,24). The van der Waals surface area contributed by atoms with Crippen LogP contribution in [0.1, 0.15) is 22.8 Å². The number of carbonyl (C=O) groups is 2. The highest BCUT2D eigenvalue weighted by Gasteiger charge is 2.07. The molecule has 2 rings (SSSR count). The fraction of sp³-hybridized carbons (Fsp3) is 0.263. The van der Waals surface area contributed by atoms with Gasteiger partial charge in [0.25, 0.3) is 5.91 Å². The highest BCUT2D eigenvalue weighted by Crippen LogP contribution is 2.13. The van der Waals surface area contributed by atoms with Crippen molar-refractivity contribution >= 4 is 23.4 Å². The van der Waals surface area contributed by atoms with Gasteiger partial charge in [0, 0.05) is 37.6 Å². The number of ether oxygens (including phenoxy) is 1. The normalized spacial score (nSPS) is 10.0. The van der Waals surface area contributed by atoms with E-state index in [2.05, 4.69) is 10.6 Å². The van der Waals surface area contributed by atoms with Crippen LogP contribution in [0.4, 0.5) is 16.2 Å². The van der Waals surface area contributed by atoms with E-state index in [1.165, 1.54) is 0 Å². The second-order valence-corrected chi connectivity index (χ2v) is 5.67. The Balaban J connectivity index is 1.89. The smallest absolute Gasteiger partial charge is 0.411 e. The highest BCUT2D eigenvalue weighted by molar-refractivity contribution is 5.95. The summed E-state index contributed by atoms with van der Waals surface area (Å²) in [6.45, 7) is 2.50. The zero-order chi connectivity index (χ0) is 18.2. The van der Waals surface area contributed by atoms with Gasteiger partial charge < -0.3 is 15.0 Å². The van der Waals surface area contributed by atoms with E-state index in [-0.39, 0.29) is 5.91 Å². The van der Waals surface area contributed by atoms with Crippen LogP contribution in [-0.2, 0) is 11.3 Å². The van der Waals surface area contributed by atoms with Gasteiger partial charge in [0.2, 0.25) is 0 Å². The minimum Gasteiger partial charge on any atom is -0.450 e. The summed E-state index contributed by atoms with van der Waals surface area (Å²) in [7, 11) is 3.97. The third kappa shape index (κ3) is 5.53. The summed E-state index contributed by atoms with van der Waals surface area (Å²) < 4.78 is 4.80. The molecule has 6 heteroatoms. The Kier molecular flexibility index (Phi) is 6.39. The average molecular weight is 341 g/mol. The van der Waals surface area contributed by atoms with Crippen LogP contribution in [0.15, 0.2) is 48.5 Å². The molecule has 0 aliphatic heterocycles. The molecule has 0 spiro atoms. The number of hydrogen-bond acceptors (Lipinski definition) is 4. The van der Waals surface area contributed by atoms with Crippen molar-refractivity contribution in [2.45, 2.75) is 13.5 Å². The SMILES string of the molecule is CCOC(=O)Nc1ccc(C(=O)NCc2ccc(N(C)C)cc2)cc1. The largest absolute Gasteiger partial charge is 0.450 e. The van der Waals surface area contributed by atoms with Crippen molar-refractivity contribution < 1.29 is 14.3 Å². The second-order valence-electron chi connectivity index (χ2n) is 5.67. The summed E-state index contributed by atoms with van der Waals surface area (Å²) in [4.78, 5) is 25.6. The van der Waals surface area contributed by atoms with Crippen LogP contribution >= 0.6 is 0 Å². The van der Waals surface area contributed by atoms with Gasteiger partial charge in [0.15, 0.2) is 0 Å². The van der Waals surface area contributed by atoms with Crippen LogP contribution in [0.2, 0.25) is 0 Å². The minimum absolute atomic E-state index is 0.167. The first-order chi connectivity index (χ1) is 12.0. The lowest BCUT2D eigenvalue weighted by molar-refractivity contribution is 0.0951. The summed E-state index contributed by atoms with van der Waals surface area (Å²) in [5, 5.41) is 5.46. The van der Waals surface area contributed by atoms with Crippen LogP contribution in [-0.4, -0.2) is 32.7 Å². The van der Waals surface area contributed by atoms with Gasteiger partial charge in [0.1, 0.15) is 0 Å². The van der Waals surface area contributed by atoms with Crippen molar-refractivity contribution in [3.8, 4) is 0 Å². The van der Waals surface area contributed by atoms with Crippen LogP contribution in [0.3, 0.4) is 0 Å². The number of nitrogens with zero attached hydrogens (tertiary/aromatic N) is 1. The summed E-state index contributed by atoms with van der Waals surface area (Å²) in [6.07, 6.45) is -0.513. The quantitative estimate of drug-likeness (QED) is 0.846. The minimum atomic E-state index is -0.513. The molecule has 2 aromatic carbocycles. The van der Waals surface area contributed by atoms with E-state index < -0.39 is 6.09 Å². The molecule has 2 amide bonds. The van der Waals surface area contributed by atoms with E-state index in [1.54, 1.807) is 31.2 Å². The molecule has 0 aliphatic rings. The molecule has 0 bridgehead atoms. The van der Waals surface area contributed by atoms with Crippen LogP contribution in [0.25, 0.3) is 0 Å². The first-order valence-electron chi connectivity index (χ1n) is 8.08. The Morgan fingerprint density at radius 1 is 1.00 bits per heavy atom. The van der Waals surface area contributed by atoms with Crippen LogP contribution in [0, 0.1) is 0 Å². The van der Waals surface area contributed by atoms with E-state index in [4.69, 9.17) is 4.74 Å². The molecule has 0 fully saturated rings. The molecule has 0 saturated carbocycles. The maximum Gasteiger partial charge on any atom is 0.411 e. The van der Waals surface area contributed by atoms with Crippen molar-refractivity contribution in [3.05, 3.63) is 59.7 Å². The van der Waals surface area contributed by atoms with Gasteiger partial charge in [-0.3, -0.25) is 10.1 Å². The molecule has 0 aromatic heterocycles. The maximum atomic E-state index is 12.2. The predicted molar refractivity (Wildman–Crippen MR) is 99.0 cm³/mol.